The van der Waals surface area contributed by atoms with Gasteiger partial charge >= 0.3 is 6.03 Å². The van der Waals surface area contributed by atoms with E-state index in [0.29, 0.717) is 18.6 Å². The lowest BCUT2D eigenvalue weighted by atomic mass is 9.99. The lowest BCUT2D eigenvalue weighted by Gasteiger charge is -2.33. The number of nitrogens with one attached hydrogen (secondary N) is 2. The highest BCUT2D eigenvalue weighted by atomic mass is 32.2. The number of benzene rings is 2. The molecule has 3 aromatic rings. The molecule has 2 aliphatic heterocycles. The lowest BCUT2D eigenvalue weighted by Crippen LogP contribution is -2.42. The highest BCUT2D eigenvalue weighted by molar-refractivity contribution is 7.90. The van der Waals surface area contributed by atoms with Gasteiger partial charge in [0.15, 0.2) is 11.0 Å². The summed E-state index contributed by atoms with van der Waals surface area (Å²) < 4.78 is 39.7. The Balaban J connectivity index is 1.17. The first-order valence-electron chi connectivity index (χ1n) is 12.6. The van der Waals surface area contributed by atoms with Gasteiger partial charge in [0.1, 0.15) is 4.90 Å². The molecule has 0 saturated carbocycles. The molecule has 4 aliphatic rings. The van der Waals surface area contributed by atoms with Gasteiger partial charge in [-0.2, -0.15) is 0 Å². The number of ether oxygens (including phenoxy) is 1. The maximum absolute atomic E-state index is 13.3. The lowest BCUT2D eigenvalue weighted by molar-refractivity contribution is 0.0305. The third-order valence-corrected chi connectivity index (χ3v) is 9.33. The quantitative estimate of drug-likeness (QED) is 0.550. The molecule has 11 heteroatoms. The van der Waals surface area contributed by atoms with Gasteiger partial charge in [0, 0.05) is 18.8 Å². The van der Waals surface area contributed by atoms with Gasteiger partial charge in [-0.25, -0.2) is 22.6 Å². The van der Waals surface area contributed by atoms with Gasteiger partial charge in [-0.1, -0.05) is 6.07 Å². The number of sulfonamides is 1. The molecule has 2 bridgehead atoms. The summed E-state index contributed by atoms with van der Waals surface area (Å²) in [6.45, 7) is 1.41. The zero-order valence-corrected chi connectivity index (χ0v) is 20.6. The summed E-state index contributed by atoms with van der Waals surface area (Å²) in [5, 5.41) is 10.8. The van der Waals surface area contributed by atoms with Crippen LogP contribution in [0.1, 0.15) is 47.9 Å². The average Bonchev–Trinajstić information content (AvgIpc) is 3.64. The number of aromatic nitrogens is 2. The number of amides is 2. The van der Waals surface area contributed by atoms with E-state index in [0.717, 1.165) is 73.9 Å². The predicted molar refractivity (Wildman–Crippen MR) is 132 cm³/mol. The molecule has 1 aromatic heterocycles. The van der Waals surface area contributed by atoms with E-state index in [1.807, 2.05) is 0 Å². The summed E-state index contributed by atoms with van der Waals surface area (Å²) in [5.41, 5.74) is 6.80. The van der Waals surface area contributed by atoms with Crippen LogP contribution >= 0.6 is 0 Å². The standard InChI is InChI=1S/C25H27N5O5S/c31-25(26-22-18-5-1-3-14(18)11-15-4-2-6-19(15)22)29-36(32,33)21-10-9-20(23-24(21)28-35-27-23)30-12-16-7-8-17(13-30)34-16/h9-11,16-17H,1-8,12-13H2,(H2,26,29,31). The molecule has 2 aromatic carbocycles. The van der Waals surface area contributed by atoms with E-state index in [-0.39, 0.29) is 22.6 Å². The minimum Gasteiger partial charge on any atom is -0.371 e. The minimum atomic E-state index is -4.23. The summed E-state index contributed by atoms with van der Waals surface area (Å²) in [4.78, 5) is 15.0. The van der Waals surface area contributed by atoms with Crippen molar-refractivity contribution < 1.29 is 22.6 Å². The summed E-state index contributed by atoms with van der Waals surface area (Å²) >= 11 is 0. The predicted octanol–water partition coefficient (Wildman–Crippen LogP) is 3.08. The van der Waals surface area contributed by atoms with Crippen molar-refractivity contribution in [3.63, 3.8) is 0 Å². The number of hydrogen-bond donors (Lipinski definition) is 2. The number of morpholine rings is 1. The van der Waals surface area contributed by atoms with Crippen molar-refractivity contribution in [2.24, 2.45) is 0 Å². The average molecular weight is 510 g/mol. The third kappa shape index (κ3) is 3.55. The zero-order chi connectivity index (χ0) is 24.4. The second-order valence-electron chi connectivity index (χ2n) is 10.2. The fourth-order valence-corrected chi connectivity index (χ4v) is 7.44. The number of nitrogens with zero attached hydrogens (tertiary/aromatic N) is 3. The maximum Gasteiger partial charge on any atom is 0.333 e. The van der Waals surface area contributed by atoms with E-state index in [9.17, 15) is 13.2 Å². The normalized spacial score (nSPS) is 22.6. The van der Waals surface area contributed by atoms with Crippen LogP contribution in [0.15, 0.2) is 27.7 Å². The van der Waals surface area contributed by atoms with E-state index >= 15 is 0 Å². The number of fused-ring (bicyclic) bond motifs is 5. The molecule has 10 nitrogen and oxygen atoms in total. The van der Waals surface area contributed by atoms with Crippen molar-refractivity contribution in [1.82, 2.24) is 15.0 Å². The fourth-order valence-electron chi connectivity index (χ4n) is 6.40. The van der Waals surface area contributed by atoms with Crippen LogP contribution in [0.4, 0.5) is 16.2 Å². The zero-order valence-electron chi connectivity index (χ0n) is 19.7. The smallest absolute Gasteiger partial charge is 0.333 e. The van der Waals surface area contributed by atoms with Crippen molar-refractivity contribution in [2.45, 2.75) is 68.5 Å². The fraction of sp³-hybridized carbons (Fsp3) is 0.480. The minimum absolute atomic E-state index is 0.105. The van der Waals surface area contributed by atoms with E-state index in [4.69, 9.17) is 9.37 Å². The van der Waals surface area contributed by atoms with Crippen molar-refractivity contribution in [3.8, 4) is 0 Å². The highest BCUT2D eigenvalue weighted by Crippen LogP contribution is 2.39. The second kappa shape index (κ2) is 8.17. The molecule has 2 saturated heterocycles. The number of urea groups is 1. The molecule has 2 N–H and O–H groups in total. The Morgan fingerprint density at radius 2 is 1.61 bits per heavy atom. The summed E-state index contributed by atoms with van der Waals surface area (Å²) in [6.07, 6.45) is 8.20. The number of carbonyl (C=O) groups is 1. The van der Waals surface area contributed by atoms with Crippen LogP contribution in [0, 0.1) is 0 Å². The summed E-state index contributed by atoms with van der Waals surface area (Å²) in [7, 11) is -4.23. The Hall–Kier alpha value is -3.18. The third-order valence-electron chi connectivity index (χ3n) is 7.97. The van der Waals surface area contributed by atoms with Crippen LogP contribution in [-0.4, -0.2) is 50.1 Å². The SMILES string of the molecule is O=C(Nc1c2c(cc3c1CCC3)CCC2)NS(=O)(=O)c1ccc(N2CC3CCC(C2)O3)c2nonc12. The number of hydrogen-bond acceptors (Lipinski definition) is 8. The Bertz CT molecular complexity index is 1460. The maximum atomic E-state index is 13.3. The first kappa shape index (κ1) is 22.1. The Labute approximate surface area is 208 Å². The number of rotatable bonds is 4. The van der Waals surface area contributed by atoms with Gasteiger partial charge in [0.25, 0.3) is 10.0 Å². The van der Waals surface area contributed by atoms with Crippen LogP contribution in [-0.2, 0) is 40.4 Å². The molecule has 0 spiro atoms. The van der Waals surface area contributed by atoms with Gasteiger partial charge in [0.05, 0.1) is 17.9 Å². The molecular formula is C25H27N5O5S. The van der Waals surface area contributed by atoms with Crippen LogP contribution in [0.5, 0.6) is 0 Å². The topological polar surface area (TPSA) is 127 Å². The van der Waals surface area contributed by atoms with Crippen LogP contribution in [0.3, 0.4) is 0 Å². The number of carbonyl (C=O) groups excluding carboxylic acids is 1. The monoisotopic (exact) mass is 509 g/mol. The number of anilines is 2. The second-order valence-corrected chi connectivity index (χ2v) is 11.9. The Morgan fingerprint density at radius 1 is 0.944 bits per heavy atom. The number of aryl methyl sites for hydroxylation is 2. The Morgan fingerprint density at radius 3 is 2.31 bits per heavy atom. The highest BCUT2D eigenvalue weighted by Gasteiger charge is 2.36. The van der Waals surface area contributed by atoms with Gasteiger partial charge in [0.2, 0.25) is 0 Å². The molecule has 7 rings (SSSR count). The van der Waals surface area contributed by atoms with Crippen molar-refractivity contribution >= 4 is 38.5 Å². The molecule has 0 radical (unpaired) electrons. The van der Waals surface area contributed by atoms with Crippen LogP contribution in [0.25, 0.3) is 11.0 Å². The van der Waals surface area contributed by atoms with Crippen LogP contribution < -0.4 is 14.9 Å². The van der Waals surface area contributed by atoms with Gasteiger partial charge < -0.3 is 15.0 Å². The van der Waals surface area contributed by atoms with E-state index in [1.165, 1.54) is 17.2 Å². The van der Waals surface area contributed by atoms with Crippen molar-refractivity contribution in [3.05, 3.63) is 40.5 Å². The van der Waals surface area contributed by atoms with Gasteiger partial charge in [-0.15, -0.1) is 0 Å². The summed E-state index contributed by atoms with van der Waals surface area (Å²) in [6, 6.07) is 4.66. The molecule has 2 unspecified atom stereocenters. The largest absolute Gasteiger partial charge is 0.371 e. The molecule has 2 amide bonds. The van der Waals surface area contributed by atoms with Crippen molar-refractivity contribution in [1.29, 1.82) is 0 Å². The van der Waals surface area contributed by atoms with Gasteiger partial charge in [-0.05, 0) is 96.1 Å². The molecule has 2 aliphatic carbocycles. The molecule has 2 atom stereocenters. The molecule has 188 valence electrons. The van der Waals surface area contributed by atoms with Gasteiger partial charge in [-0.3, -0.25) is 0 Å². The molecular weight excluding hydrogens is 482 g/mol. The van der Waals surface area contributed by atoms with E-state index in [2.05, 4.69) is 31.3 Å². The van der Waals surface area contributed by atoms with Crippen LogP contribution in [0.2, 0.25) is 0 Å². The van der Waals surface area contributed by atoms with Crippen molar-refractivity contribution in [2.75, 3.05) is 23.3 Å². The first-order valence-corrected chi connectivity index (χ1v) is 14.1. The van der Waals surface area contributed by atoms with E-state index in [1.54, 1.807) is 6.07 Å². The Kier molecular flexibility index (Phi) is 5.00. The van der Waals surface area contributed by atoms with E-state index < -0.39 is 16.1 Å². The molecule has 2 fully saturated rings. The molecule has 36 heavy (non-hydrogen) atoms. The molecule has 3 heterocycles. The first-order chi connectivity index (χ1) is 17.5. The summed E-state index contributed by atoms with van der Waals surface area (Å²) in [5.74, 6) is 0.